The zero-order chi connectivity index (χ0) is 16.9. The maximum Gasteiger partial charge on any atom is 0.247 e. The van der Waals surface area contributed by atoms with E-state index < -0.39 is 6.04 Å². The van der Waals surface area contributed by atoms with Crippen LogP contribution in [0.1, 0.15) is 25.0 Å². The Bertz CT molecular complexity index is 698. The average molecular weight is 347 g/mol. The van der Waals surface area contributed by atoms with Gasteiger partial charge in [-0.25, -0.2) is 0 Å². The smallest absolute Gasteiger partial charge is 0.247 e. The molecule has 1 aliphatic rings. The first-order valence-corrected chi connectivity index (χ1v) is 8.39. The van der Waals surface area contributed by atoms with Gasteiger partial charge in [-0.05, 0) is 49.2 Å². The number of hydrogen-bond donors (Lipinski definition) is 1. The highest BCUT2D eigenvalue weighted by Crippen LogP contribution is 2.21. The molecule has 3 rings (SSSR count). The van der Waals surface area contributed by atoms with E-state index in [9.17, 15) is 9.59 Å². The van der Waals surface area contributed by atoms with Crippen LogP contribution in [0.15, 0.2) is 47.1 Å². The van der Waals surface area contributed by atoms with Gasteiger partial charge in [0.15, 0.2) is 0 Å². The number of anilines is 1. The van der Waals surface area contributed by atoms with E-state index in [2.05, 4.69) is 5.32 Å². The zero-order valence-electron chi connectivity index (χ0n) is 13.2. The third-order valence-corrected chi connectivity index (χ3v) is 4.40. The number of aryl methyl sites for hydroxylation is 1. The Hall–Kier alpha value is -2.27. The first-order chi connectivity index (χ1) is 11.6. The average Bonchev–Trinajstić information content (AvgIpc) is 3.26. The lowest BCUT2D eigenvalue weighted by molar-refractivity contribution is -0.136. The molecule has 0 unspecified atom stereocenters. The molecule has 2 aromatic rings. The molecule has 0 spiro atoms. The molecule has 0 aliphatic carbocycles. The zero-order valence-corrected chi connectivity index (χ0v) is 14.0. The molecular formula is C18H19ClN2O3. The van der Waals surface area contributed by atoms with Crippen LogP contribution in [0, 0.1) is 0 Å². The SMILES string of the molecule is O=C(Nc1ccc(Cl)cc1)[C@@H]1CCCN1C(=O)CCc1ccco1. The van der Waals surface area contributed by atoms with Crippen molar-refractivity contribution >= 4 is 29.1 Å². The number of hydrogen-bond acceptors (Lipinski definition) is 3. The van der Waals surface area contributed by atoms with E-state index in [1.165, 1.54) is 0 Å². The minimum Gasteiger partial charge on any atom is -0.469 e. The summed E-state index contributed by atoms with van der Waals surface area (Å²) < 4.78 is 5.25. The molecule has 1 saturated heterocycles. The van der Waals surface area contributed by atoms with Crippen molar-refractivity contribution in [1.29, 1.82) is 0 Å². The van der Waals surface area contributed by atoms with Crippen molar-refractivity contribution in [2.24, 2.45) is 0 Å². The molecule has 126 valence electrons. The first kappa shape index (κ1) is 16.6. The van der Waals surface area contributed by atoms with Crippen molar-refractivity contribution in [3.8, 4) is 0 Å². The highest BCUT2D eigenvalue weighted by molar-refractivity contribution is 6.30. The molecule has 0 bridgehead atoms. The molecule has 1 atom stereocenters. The van der Waals surface area contributed by atoms with E-state index in [0.29, 0.717) is 36.5 Å². The summed E-state index contributed by atoms with van der Waals surface area (Å²) in [5.41, 5.74) is 0.680. The summed E-state index contributed by atoms with van der Waals surface area (Å²) >= 11 is 5.84. The van der Waals surface area contributed by atoms with Gasteiger partial charge in [0.05, 0.1) is 6.26 Å². The first-order valence-electron chi connectivity index (χ1n) is 8.02. The van der Waals surface area contributed by atoms with Crippen LogP contribution in [-0.2, 0) is 16.0 Å². The quantitative estimate of drug-likeness (QED) is 0.901. The number of rotatable bonds is 5. The van der Waals surface area contributed by atoms with E-state index >= 15 is 0 Å². The fourth-order valence-corrected chi connectivity index (χ4v) is 3.05. The van der Waals surface area contributed by atoms with Crippen LogP contribution < -0.4 is 5.32 Å². The second kappa shape index (κ2) is 7.53. The van der Waals surface area contributed by atoms with Crippen molar-refractivity contribution in [3.63, 3.8) is 0 Å². The molecule has 0 saturated carbocycles. The van der Waals surface area contributed by atoms with Gasteiger partial charge >= 0.3 is 0 Å². The molecule has 5 nitrogen and oxygen atoms in total. The van der Waals surface area contributed by atoms with Crippen molar-refractivity contribution < 1.29 is 14.0 Å². The number of nitrogens with one attached hydrogen (secondary N) is 1. The molecule has 1 aromatic carbocycles. The topological polar surface area (TPSA) is 62.6 Å². The summed E-state index contributed by atoms with van der Waals surface area (Å²) in [6, 6.07) is 10.2. The van der Waals surface area contributed by atoms with E-state index in [1.54, 1.807) is 41.5 Å². The van der Waals surface area contributed by atoms with Crippen molar-refractivity contribution in [1.82, 2.24) is 4.90 Å². The largest absolute Gasteiger partial charge is 0.469 e. The summed E-state index contributed by atoms with van der Waals surface area (Å²) in [6.07, 6.45) is 4.02. The van der Waals surface area contributed by atoms with Crippen LogP contribution in [0.2, 0.25) is 5.02 Å². The molecule has 2 heterocycles. The molecular weight excluding hydrogens is 328 g/mol. The molecule has 1 aromatic heterocycles. The number of likely N-dealkylation sites (tertiary alicyclic amines) is 1. The Morgan fingerprint density at radius 2 is 2.04 bits per heavy atom. The maximum atomic E-state index is 12.5. The van der Waals surface area contributed by atoms with Gasteiger partial charge in [0.1, 0.15) is 11.8 Å². The molecule has 6 heteroatoms. The van der Waals surface area contributed by atoms with Gasteiger partial charge in [-0.15, -0.1) is 0 Å². The van der Waals surface area contributed by atoms with E-state index in [4.69, 9.17) is 16.0 Å². The molecule has 1 aliphatic heterocycles. The minimum atomic E-state index is -0.412. The summed E-state index contributed by atoms with van der Waals surface area (Å²) in [5.74, 6) is 0.617. The van der Waals surface area contributed by atoms with E-state index in [-0.39, 0.29) is 11.8 Å². The number of carbonyl (C=O) groups is 2. The molecule has 24 heavy (non-hydrogen) atoms. The highest BCUT2D eigenvalue weighted by atomic mass is 35.5. The van der Waals surface area contributed by atoms with Gasteiger partial charge in [0, 0.05) is 30.1 Å². The van der Waals surface area contributed by atoms with Crippen LogP contribution in [0.4, 0.5) is 5.69 Å². The molecule has 1 N–H and O–H groups in total. The van der Waals surface area contributed by atoms with Gasteiger partial charge in [0.25, 0.3) is 0 Å². The molecule has 1 fully saturated rings. The second-order valence-corrected chi connectivity index (χ2v) is 6.26. The standard InChI is InChI=1S/C18H19ClN2O3/c19-13-5-7-14(8-6-13)20-18(23)16-4-1-11-21(16)17(22)10-9-15-3-2-12-24-15/h2-3,5-8,12,16H,1,4,9-11H2,(H,20,23)/t16-/m0/s1. The Labute approximate surface area is 145 Å². The predicted molar refractivity (Wildman–Crippen MR) is 91.8 cm³/mol. The summed E-state index contributed by atoms with van der Waals surface area (Å²) in [7, 11) is 0. The van der Waals surface area contributed by atoms with Gasteiger partial charge in [-0.3, -0.25) is 9.59 Å². The third kappa shape index (κ3) is 3.97. The van der Waals surface area contributed by atoms with Crippen LogP contribution in [0.25, 0.3) is 0 Å². The predicted octanol–water partition coefficient (Wildman–Crippen LogP) is 3.50. The van der Waals surface area contributed by atoms with Crippen LogP contribution in [0.3, 0.4) is 0 Å². The lowest BCUT2D eigenvalue weighted by Crippen LogP contribution is -2.43. The lowest BCUT2D eigenvalue weighted by Gasteiger charge is -2.24. The van der Waals surface area contributed by atoms with Crippen molar-refractivity contribution in [3.05, 3.63) is 53.4 Å². The number of benzene rings is 1. The van der Waals surface area contributed by atoms with Gasteiger partial charge in [-0.2, -0.15) is 0 Å². The third-order valence-electron chi connectivity index (χ3n) is 4.15. The number of halogens is 1. The van der Waals surface area contributed by atoms with Crippen molar-refractivity contribution in [2.75, 3.05) is 11.9 Å². The van der Waals surface area contributed by atoms with E-state index in [0.717, 1.165) is 12.2 Å². The summed E-state index contributed by atoms with van der Waals surface area (Å²) in [6.45, 7) is 0.621. The number of amides is 2. The Morgan fingerprint density at radius 1 is 1.25 bits per heavy atom. The fourth-order valence-electron chi connectivity index (χ4n) is 2.93. The Morgan fingerprint density at radius 3 is 2.75 bits per heavy atom. The number of nitrogens with zero attached hydrogens (tertiary/aromatic N) is 1. The van der Waals surface area contributed by atoms with E-state index in [1.807, 2.05) is 6.07 Å². The summed E-state index contributed by atoms with van der Waals surface area (Å²) in [4.78, 5) is 26.6. The summed E-state index contributed by atoms with van der Waals surface area (Å²) in [5, 5.41) is 3.47. The number of furan rings is 1. The van der Waals surface area contributed by atoms with Crippen LogP contribution in [0.5, 0.6) is 0 Å². The Kier molecular flexibility index (Phi) is 5.20. The minimum absolute atomic E-state index is 0.0137. The molecule has 0 radical (unpaired) electrons. The fraction of sp³-hybridized carbons (Fsp3) is 0.333. The van der Waals surface area contributed by atoms with Crippen molar-refractivity contribution in [2.45, 2.75) is 31.7 Å². The lowest BCUT2D eigenvalue weighted by atomic mass is 10.1. The van der Waals surface area contributed by atoms with Crippen LogP contribution in [-0.4, -0.2) is 29.3 Å². The molecule has 2 amide bonds. The van der Waals surface area contributed by atoms with Gasteiger partial charge < -0.3 is 14.6 Å². The normalized spacial score (nSPS) is 17.0. The number of carbonyl (C=O) groups excluding carboxylic acids is 2. The van der Waals surface area contributed by atoms with Gasteiger partial charge in [-0.1, -0.05) is 11.6 Å². The van der Waals surface area contributed by atoms with Gasteiger partial charge in [0.2, 0.25) is 11.8 Å². The second-order valence-electron chi connectivity index (χ2n) is 5.82. The monoisotopic (exact) mass is 346 g/mol. The highest BCUT2D eigenvalue weighted by Gasteiger charge is 2.33. The maximum absolute atomic E-state index is 12.5. The van der Waals surface area contributed by atoms with Crippen LogP contribution >= 0.6 is 11.6 Å². The Balaban J connectivity index is 1.58.